The number of allylic oxidation sites excluding steroid dienone is 7. The van der Waals surface area contributed by atoms with Crippen LogP contribution in [0.1, 0.15) is 105 Å². The van der Waals surface area contributed by atoms with E-state index in [1.165, 1.54) is 12.1 Å². The fraction of sp³-hybridized carbons (Fsp3) is 0.553. The Morgan fingerprint density at radius 1 is 1.04 bits per heavy atom. The lowest BCUT2D eigenvalue weighted by Gasteiger charge is -2.59. The number of phenolic OH excluding ortho intramolecular Hbond substituents is 2. The van der Waals surface area contributed by atoms with E-state index >= 15 is 9.59 Å². The number of aliphatic hydroxyl groups is 1. The lowest BCUT2D eigenvalue weighted by Crippen LogP contribution is -2.66. The average Bonchev–Trinajstić information content (AvgIpc) is 3.34. The number of ketones is 3. The van der Waals surface area contributed by atoms with E-state index in [2.05, 4.69) is 18.7 Å². The van der Waals surface area contributed by atoms with Crippen LogP contribution in [0.2, 0.25) is 0 Å². The number of rotatable bonds is 10. The molecule has 0 unspecified atom stereocenters. The summed E-state index contributed by atoms with van der Waals surface area (Å²) in [6.07, 6.45) is 5.22. The molecule has 1 spiro atoms. The number of aromatic hydroxyl groups is 2. The van der Waals surface area contributed by atoms with Gasteiger partial charge in [-0.3, -0.25) is 14.4 Å². The van der Waals surface area contributed by atoms with Crippen molar-refractivity contribution in [3.8, 4) is 11.5 Å². The summed E-state index contributed by atoms with van der Waals surface area (Å²) in [6, 6.07) is 3.67. The number of ether oxygens (including phenoxy) is 1. The lowest BCUT2D eigenvalue weighted by molar-refractivity contribution is -0.167. The first-order valence-electron chi connectivity index (χ1n) is 15.9. The predicted molar refractivity (Wildman–Crippen MR) is 175 cm³/mol. The third-order valence-corrected chi connectivity index (χ3v) is 10.7. The molecular formula is C38H50O7. The molecule has 1 saturated heterocycles. The van der Waals surface area contributed by atoms with Crippen molar-refractivity contribution in [1.29, 1.82) is 0 Å². The highest BCUT2D eigenvalue weighted by molar-refractivity contribution is 6.35. The Morgan fingerprint density at radius 3 is 2.20 bits per heavy atom. The van der Waals surface area contributed by atoms with Gasteiger partial charge in [0.05, 0.1) is 16.4 Å². The van der Waals surface area contributed by atoms with Crippen LogP contribution >= 0.6 is 0 Å². The highest BCUT2D eigenvalue weighted by atomic mass is 16.5. The second kappa shape index (κ2) is 11.7. The van der Waals surface area contributed by atoms with Gasteiger partial charge in [-0.2, -0.15) is 0 Å². The van der Waals surface area contributed by atoms with E-state index in [1.807, 2.05) is 48.5 Å². The third kappa shape index (κ3) is 5.62. The Hall–Kier alpha value is -3.45. The molecule has 244 valence electrons. The van der Waals surface area contributed by atoms with Crippen LogP contribution in [0.25, 0.3) is 0 Å². The summed E-state index contributed by atoms with van der Waals surface area (Å²) in [5, 5.41) is 31.4. The molecule has 1 heterocycles. The van der Waals surface area contributed by atoms with E-state index in [0.717, 1.165) is 22.8 Å². The summed E-state index contributed by atoms with van der Waals surface area (Å²) < 4.78 is 6.46. The second-order valence-electron chi connectivity index (χ2n) is 15.3. The first-order valence-corrected chi connectivity index (χ1v) is 15.9. The quantitative estimate of drug-likeness (QED) is 0.0813. The molecule has 0 radical (unpaired) electrons. The molecule has 7 heteroatoms. The zero-order chi connectivity index (χ0) is 33.9. The van der Waals surface area contributed by atoms with Crippen LogP contribution in [0, 0.1) is 28.1 Å². The smallest absolute Gasteiger partial charge is 0.200 e. The highest BCUT2D eigenvalue weighted by Gasteiger charge is 2.76. The maximum Gasteiger partial charge on any atom is 0.200 e. The molecule has 2 bridgehead atoms. The summed E-state index contributed by atoms with van der Waals surface area (Å²) in [4.78, 5) is 44.9. The number of fused-ring (bicyclic) bond motifs is 1. The largest absolute Gasteiger partial charge is 0.504 e. The minimum atomic E-state index is -1.53. The number of carbonyl (C=O) groups excluding carboxylic acids is 3. The molecule has 3 aliphatic rings. The maximum atomic E-state index is 15.4. The molecule has 0 aromatic heterocycles. The molecule has 7 nitrogen and oxygen atoms in total. The van der Waals surface area contributed by atoms with E-state index in [1.54, 1.807) is 13.8 Å². The summed E-state index contributed by atoms with van der Waals surface area (Å²) >= 11 is 0. The van der Waals surface area contributed by atoms with Crippen molar-refractivity contribution in [3.63, 3.8) is 0 Å². The Balaban J connectivity index is 2.07. The monoisotopic (exact) mass is 618 g/mol. The molecule has 0 amide bonds. The van der Waals surface area contributed by atoms with Gasteiger partial charge in [0.2, 0.25) is 0 Å². The van der Waals surface area contributed by atoms with E-state index in [-0.39, 0.29) is 53.8 Å². The fourth-order valence-electron chi connectivity index (χ4n) is 7.73. The van der Waals surface area contributed by atoms with Gasteiger partial charge < -0.3 is 20.1 Å². The predicted octanol–water partition coefficient (Wildman–Crippen LogP) is 7.56. The topological polar surface area (TPSA) is 121 Å². The SMILES string of the molecule is C=C(C)[C@@H](CC=C(C)C)C[C@@]12C[C@H](CC=C(C)C)C(C)(C)[C@]3(C[C@@H](C(C)(C)O)OC3=C(C(=O)c3ccc(O)c(O)c3)C1=O)C2=O. The number of hydrogen-bond acceptors (Lipinski definition) is 7. The summed E-state index contributed by atoms with van der Waals surface area (Å²) in [6.45, 7) is 21.5. The van der Waals surface area contributed by atoms with Gasteiger partial charge in [-0.1, -0.05) is 49.3 Å². The van der Waals surface area contributed by atoms with Gasteiger partial charge >= 0.3 is 0 Å². The Kier molecular flexibility index (Phi) is 8.97. The van der Waals surface area contributed by atoms with Crippen molar-refractivity contribution < 1.29 is 34.4 Å². The van der Waals surface area contributed by atoms with Crippen molar-refractivity contribution in [2.45, 2.75) is 106 Å². The molecule has 1 aliphatic heterocycles. The zero-order valence-electron chi connectivity index (χ0n) is 28.3. The molecular weight excluding hydrogens is 568 g/mol. The first kappa shape index (κ1) is 34.4. The standard InChI is InChI=1S/C38H50O7/c1-21(2)11-13-25(23(5)6)18-37-19-26(15-12-22(3)4)35(7,8)38(34(37)43)20-29(36(9,10)44)45-33(38)30(32(37)42)31(41)24-14-16-27(39)28(40)17-24/h11-12,14,16-17,25-26,29,39-40,44H,5,13,15,18-20H2,1-4,6-10H3/t25-,26-,29-,37+,38-/m0/s1. The molecule has 5 atom stereocenters. The first-order chi connectivity index (χ1) is 20.7. The lowest BCUT2D eigenvalue weighted by atomic mass is 9.40. The molecule has 1 saturated carbocycles. The minimum Gasteiger partial charge on any atom is -0.504 e. The van der Waals surface area contributed by atoms with Gasteiger partial charge in [-0.25, -0.2) is 0 Å². The molecule has 2 fully saturated rings. The molecule has 1 aromatic carbocycles. The average molecular weight is 619 g/mol. The van der Waals surface area contributed by atoms with Crippen LogP contribution in [-0.4, -0.2) is 44.4 Å². The maximum absolute atomic E-state index is 15.4. The van der Waals surface area contributed by atoms with Crippen LogP contribution in [0.4, 0.5) is 0 Å². The van der Waals surface area contributed by atoms with Crippen molar-refractivity contribution in [1.82, 2.24) is 0 Å². The zero-order valence-corrected chi connectivity index (χ0v) is 28.3. The normalized spacial score (nSPS) is 27.8. The fourth-order valence-corrected chi connectivity index (χ4v) is 7.73. The van der Waals surface area contributed by atoms with Crippen LogP contribution in [0.3, 0.4) is 0 Å². The summed E-state index contributed by atoms with van der Waals surface area (Å²) in [5.74, 6) is -2.68. The molecule has 45 heavy (non-hydrogen) atoms. The van der Waals surface area contributed by atoms with E-state index in [0.29, 0.717) is 12.8 Å². The van der Waals surface area contributed by atoms with Crippen LogP contribution < -0.4 is 0 Å². The molecule has 3 N–H and O–H groups in total. The third-order valence-electron chi connectivity index (χ3n) is 10.7. The van der Waals surface area contributed by atoms with Crippen molar-refractivity contribution in [3.05, 3.63) is 70.5 Å². The Morgan fingerprint density at radius 2 is 1.67 bits per heavy atom. The van der Waals surface area contributed by atoms with Gasteiger partial charge in [0.25, 0.3) is 0 Å². The van der Waals surface area contributed by atoms with Crippen LogP contribution in [0.5, 0.6) is 11.5 Å². The van der Waals surface area contributed by atoms with Gasteiger partial charge in [0.1, 0.15) is 17.4 Å². The second-order valence-corrected chi connectivity index (χ2v) is 15.3. The van der Waals surface area contributed by atoms with Crippen molar-refractivity contribution in [2.24, 2.45) is 28.1 Å². The number of Topliss-reactive ketones (excluding diaryl/α,β-unsaturated/α-hetero) is 3. The Bertz CT molecular complexity index is 1520. The van der Waals surface area contributed by atoms with Gasteiger partial charge in [0, 0.05) is 12.0 Å². The molecule has 2 aliphatic carbocycles. The number of carbonyl (C=O) groups is 3. The number of benzene rings is 1. The molecule has 1 aromatic rings. The number of phenols is 2. The van der Waals surface area contributed by atoms with Gasteiger partial charge in [-0.15, -0.1) is 0 Å². The number of hydrogen-bond donors (Lipinski definition) is 3. The van der Waals surface area contributed by atoms with Gasteiger partial charge in [0.15, 0.2) is 28.8 Å². The molecule has 4 rings (SSSR count). The van der Waals surface area contributed by atoms with Crippen molar-refractivity contribution >= 4 is 17.3 Å². The summed E-state index contributed by atoms with van der Waals surface area (Å²) in [5.41, 5.74) is -2.12. The summed E-state index contributed by atoms with van der Waals surface area (Å²) in [7, 11) is 0. The van der Waals surface area contributed by atoms with E-state index in [4.69, 9.17) is 4.74 Å². The van der Waals surface area contributed by atoms with E-state index in [9.17, 15) is 20.1 Å². The minimum absolute atomic E-state index is 0.00549. The van der Waals surface area contributed by atoms with Crippen LogP contribution in [-0.2, 0) is 14.3 Å². The van der Waals surface area contributed by atoms with Crippen molar-refractivity contribution in [2.75, 3.05) is 0 Å². The van der Waals surface area contributed by atoms with Gasteiger partial charge in [-0.05, 0) is 110 Å². The highest BCUT2D eigenvalue weighted by Crippen LogP contribution is 2.70. The van der Waals surface area contributed by atoms with E-state index < -0.39 is 51.0 Å². The van der Waals surface area contributed by atoms with Crippen LogP contribution in [0.15, 0.2) is 65.0 Å². The Labute approximate surface area is 267 Å².